The Kier molecular flexibility index (Phi) is 6.40. The number of nitrogens with one attached hydrogen (secondary N) is 3. The lowest BCUT2D eigenvalue weighted by Crippen LogP contribution is -2.28. The van der Waals surface area contributed by atoms with Crippen molar-refractivity contribution in [2.75, 3.05) is 5.32 Å². The average Bonchev–Trinajstić information content (AvgIpc) is 2.69. The molecule has 0 heterocycles. The summed E-state index contributed by atoms with van der Waals surface area (Å²) in [7, 11) is 0. The molecule has 0 aliphatic carbocycles. The minimum Gasteiger partial charge on any atom is -0.334 e. The highest BCUT2D eigenvalue weighted by Gasteiger charge is 2.01. The predicted molar refractivity (Wildman–Crippen MR) is 106 cm³/mol. The summed E-state index contributed by atoms with van der Waals surface area (Å²) >= 11 is 0. The molecule has 2 amide bonds. The Morgan fingerprint density at radius 3 is 1.73 bits per heavy atom. The van der Waals surface area contributed by atoms with E-state index in [1.54, 1.807) is 0 Å². The van der Waals surface area contributed by atoms with E-state index in [1.807, 2.05) is 60.7 Å². The van der Waals surface area contributed by atoms with Crippen LogP contribution in [0.5, 0.6) is 0 Å². The van der Waals surface area contributed by atoms with E-state index in [-0.39, 0.29) is 6.03 Å². The van der Waals surface area contributed by atoms with Crippen LogP contribution in [0.4, 0.5) is 10.5 Å². The fourth-order valence-corrected chi connectivity index (χ4v) is 2.60. The number of amides is 2. The Bertz CT molecular complexity index is 802. The van der Waals surface area contributed by atoms with Crippen molar-refractivity contribution >= 4 is 11.7 Å². The standard InChI is InChI=1S/C22H23N3O/c26-22(25-21-9-5-2-6-10-21)24-17-20-13-11-19(12-14-20)16-23-15-18-7-3-1-4-8-18/h1-14,23H,15-17H2,(H2,24,25,26). The quantitative estimate of drug-likeness (QED) is 0.598. The minimum absolute atomic E-state index is 0.204. The zero-order chi connectivity index (χ0) is 18.0. The lowest BCUT2D eigenvalue weighted by atomic mass is 10.1. The van der Waals surface area contributed by atoms with Gasteiger partial charge in [-0.15, -0.1) is 0 Å². The molecule has 0 aliphatic rings. The number of rotatable bonds is 7. The first-order chi connectivity index (χ1) is 12.8. The summed E-state index contributed by atoms with van der Waals surface area (Å²) in [5, 5.41) is 9.11. The third kappa shape index (κ3) is 5.76. The fourth-order valence-electron chi connectivity index (χ4n) is 2.60. The second-order valence-corrected chi connectivity index (χ2v) is 6.08. The largest absolute Gasteiger partial charge is 0.334 e. The van der Waals surface area contributed by atoms with Gasteiger partial charge in [-0.3, -0.25) is 0 Å². The summed E-state index contributed by atoms with van der Waals surface area (Å²) < 4.78 is 0. The van der Waals surface area contributed by atoms with E-state index in [4.69, 9.17) is 0 Å². The topological polar surface area (TPSA) is 53.2 Å². The number of carbonyl (C=O) groups excluding carboxylic acids is 1. The van der Waals surface area contributed by atoms with Crippen LogP contribution in [-0.2, 0) is 19.6 Å². The number of hydrogen-bond donors (Lipinski definition) is 3. The summed E-state index contributed by atoms with van der Waals surface area (Å²) in [6.07, 6.45) is 0. The monoisotopic (exact) mass is 345 g/mol. The van der Waals surface area contributed by atoms with E-state index < -0.39 is 0 Å². The number of anilines is 1. The first-order valence-corrected chi connectivity index (χ1v) is 8.72. The molecule has 0 saturated carbocycles. The zero-order valence-corrected chi connectivity index (χ0v) is 14.6. The van der Waals surface area contributed by atoms with Gasteiger partial charge in [-0.2, -0.15) is 0 Å². The highest BCUT2D eigenvalue weighted by Crippen LogP contribution is 2.07. The molecule has 132 valence electrons. The summed E-state index contributed by atoms with van der Waals surface area (Å²) in [6, 6.07) is 27.8. The van der Waals surface area contributed by atoms with Crippen LogP contribution in [0, 0.1) is 0 Å². The van der Waals surface area contributed by atoms with Gasteiger partial charge in [0.05, 0.1) is 0 Å². The van der Waals surface area contributed by atoms with Gasteiger partial charge in [0.2, 0.25) is 0 Å². The van der Waals surface area contributed by atoms with Gasteiger partial charge in [0.15, 0.2) is 0 Å². The van der Waals surface area contributed by atoms with Crippen molar-refractivity contribution in [2.45, 2.75) is 19.6 Å². The lowest BCUT2D eigenvalue weighted by Gasteiger charge is -2.09. The normalized spacial score (nSPS) is 10.3. The molecule has 0 atom stereocenters. The number of urea groups is 1. The third-order valence-corrected chi connectivity index (χ3v) is 4.01. The van der Waals surface area contributed by atoms with Crippen molar-refractivity contribution in [2.24, 2.45) is 0 Å². The summed E-state index contributed by atoms with van der Waals surface area (Å²) in [5.41, 5.74) is 4.35. The first-order valence-electron chi connectivity index (χ1n) is 8.72. The second-order valence-electron chi connectivity index (χ2n) is 6.08. The molecule has 26 heavy (non-hydrogen) atoms. The molecule has 3 aromatic rings. The molecule has 0 aliphatic heterocycles. The van der Waals surface area contributed by atoms with Crippen molar-refractivity contribution in [3.8, 4) is 0 Å². The van der Waals surface area contributed by atoms with Crippen LogP contribution in [-0.4, -0.2) is 6.03 Å². The predicted octanol–water partition coefficient (Wildman–Crippen LogP) is 4.30. The molecule has 3 N–H and O–H groups in total. The lowest BCUT2D eigenvalue weighted by molar-refractivity contribution is 0.251. The highest BCUT2D eigenvalue weighted by molar-refractivity contribution is 5.89. The number of carbonyl (C=O) groups is 1. The maximum atomic E-state index is 11.9. The van der Waals surface area contributed by atoms with Gasteiger partial charge in [0.1, 0.15) is 0 Å². The van der Waals surface area contributed by atoms with Gasteiger partial charge in [-0.1, -0.05) is 72.8 Å². The van der Waals surface area contributed by atoms with Gasteiger partial charge in [-0.25, -0.2) is 4.79 Å². The molecular weight excluding hydrogens is 322 g/mol. The Morgan fingerprint density at radius 1 is 0.615 bits per heavy atom. The van der Waals surface area contributed by atoms with Crippen molar-refractivity contribution in [1.29, 1.82) is 0 Å². The molecular formula is C22H23N3O. The molecule has 0 saturated heterocycles. The molecule has 0 spiro atoms. The van der Waals surface area contributed by atoms with Crippen LogP contribution < -0.4 is 16.0 Å². The van der Waals surface area contributed by atoms with Crippen molar-refractivity contribution < 1.29 is 4.79 Å². The van der Waals surface area contributed by atoms with Crippen LogP contribution in [0.25, 0.3) is 0 Å². The second kappa shape index (κ2) is 9.39. The fraction of sp³-hybridized carbons (Fsp3) is 0.136. The zero-order valence-electron chi connectivity index (χ0n) is 14.6. The van der Waals surface area contributed by atoms with Gasteiger partial charge < -0.3 is 16.0 Å². The minimum atomic E-state index is -0.204. The van der Waals surface area contributed by atoms with Crippen molar-refractivity contribution in [3.63, 3.8) is 0 Å². The number of hydrogen-bond acceptors (Lipinski definition) is 2. The molecule has 0 fully saturated rings. The Hall–Kier alpha value is -3.11. The van der Waals surface area contributed by atoms with Crippen LogP contribution >= 0.6 is 0 Å². The maximum Gasteiger partial charge on any atom is 0.319 e. The first kappa shape index (κ1) is 17.7. The van der Waals surface area contributed by atoms with Crippen LogP contribution in [0.1, 0.15) is 16.7 Å². The van der Waals surface area contributed by atoms with E-state index >= 15 is 0 Å². The van der Waals surface area contributed by atoms with Crippen molar-refractivity contribution in [1.82, 2.24) is 10.6 Å². The number of benzene rings is 3. The Morgan fingerprint density at radius 2 is 1.12 bits per heavy atom. The van der Waals surface area contributed by atoms with E-state index in [9.17, 15) is 4.79 Å². The molecule has 3 aromatic carbocycles. The van der Waals surface area contributed by atoms with Gasteiger partial charge in [0, 0.05) is 25.3 Å². The maximum absolute atomic E-state index is 11.9. The Balaban J connectivity index is 1.40. The summed E-state index contributed by atoms with van der Waals surface area (Å²) in [4.78, 5) is 11.9. The van der Waals surface area contributed by atoms with Gasteiger partial charge in [-0.05, 0) is 28.8 Å². The summed E-state index contributed by atoms with van der Waals surface area (Å²) in [5.74, 6) is 0. The van der Waals surface area contributed by atoms with E-state index in [0.717, 1.165) is 24.3 Å². The molecule has 0 radical (unpaired) electrons. The van der Waals surface area contributed by atoms with Crippen LogP contribution in [0.15, 0.2) is 84.9 Å². The van der Waals surface area contributed by atoms with E-state index in [2.05, 4.69) is 40.2 Å². The Labute approximate surface area is 154 Å². The molecule has 0 bridgehead atoms. The average molecular weight is 345 g/mol. The van der Waals surface area contributed by atoms with E-state index in [1.165, 1.54) is 11.1 Å². The molecule has 4 heteroatoms. The third-order valence-electron chi connectivity index (χ3n) is 4.01. The van der Waals surface area contributed by atoms with Crippen LogP contribution in [0.2, 0.25) is 0 Å². The van der Waals surface area contributed by atoms with Gasteiger partial charge >= 0.3 is 6.03 Å². The molecule has 0 aromatic heterocycles. The molecule has 4 nitrogen and oxygen atoms in total. The highest BCUT2D eigenvalue weighted by atomic mass is 16.2. The van der Waals surface area contributed by atoms with Crippen LogP contribution in [0.3, 0.4) is 0 Å². The molecule has 3 rings (SSSR count). The van der Waals surface area contributed by atoms with Crippen molar-refractivity contribution in [3.05, 3.63) is 102 Å². The number of para-hydroxylation sites is 1. The smallest absolute Gasteiger partial charge is 0.319 e. The van der Waals surface area contributed by atoms with Gasteiger partial charge in [0.25, 0.3) is 0 Å². The SMILES string of the molecule is O=C(NCc1ccc(CNCc2ccccc2)cc1)Nc1ccccc1. The van der Waals surface area contributed by atoms with E-state index in [0.29, 0.717) is 6.54 Å². The summed E-state index contributed by atoms with van der Waals surface area (Å²) in [6.45, 7) is 2.16. The molecule has 0 unspecified atom stereocenters.